The number of nitrogens with one attached hydrogen (secondary N) is 1. The van der Waals surface area contributed by atoms with E-state index in [-0.39, 0.29) is 5.56 Å². The standard InChI is InChI=1S/C18H18F3N5O/c19-18(20,21)12-3-1-10(2-4-12)5-23-15-13-8-26(9-14(13)15)17-24-6-11(7-25-17)16(22)27/h1-4,6-7,13-15,23H,5,8-9H2,(H2,22,27). The molecule has 0 radical (unpaired) electrons. The number of nitrogens with two attached hydrogens (primary N) is 1. The summed E-state index contributed by atoms with van der Waals surface area (Å²) in [6.07, 6.45) is -1.45. The van der Waals surface area contributed by atoms with E-state index in [1.807, 2.05) is 0 Å². The van der Waals surface area contributed by atoms with Crippen LogP contribution in [0.25, 0.3) is 0 Å². The van der Waals surface area contributed by atoms with Gasteiger partial charge in [0.25, 0.3) is 5.91 Å². The molecule has 9 heteroatoms. The van der Waals surface area contributed by atoms with Gasteiger partial charge in [-0.25, -0.2) is 9.97 Å². The number of primary amides is 1. The van der Waals surface area contributed by atoms with Crippen LogP contribution in [0.15, 0.2) is 36.7 Å². The fourth-order valence-corrected chi connectivity index (χ4v) is 3.65. The van der Waals surface area contributed by atoms with E-state index < -0.39 is 17.6 Å². The van der Waals surface area contributed by atoms with E-state index in [2.05, 4.69) is 20.2 Å². The molecule has 142 valence electrons. The maximum absolute atomic E-state index is 12.6. The van der Waals surface area contributed by atoms with E-state index in [1.54, 1.807) is 0 Å². The van der Waals surface area contributed by atoms with Crippen LogP contribution in [0.2, 0.25) is 0 Å². The highest BCUT2D eigenvalue weighted by Gasteiger charge is 2.55. The van der Waals surface area contributed by atoms with E-state index in [9.17, 15) is 18.0 Å². The number of fused-ring (bicyclic) bond motifs is 1. The fraction of sp³-hybridized carbons (Fsp3) is 0.389. The Morgan fingerprint density at radius 1 is 1.15 bits per heavy atom. The first kappa shape index (κ1) is 17.7. The van der Waals surface area contributed by atoms with Crippen molar-refractivity contribution in [2.24, 2.45) is 17.6 Å². The SMILES string of the molecule is NC(=O)c1cnc(N2CC3C(C2)C3NCc2ccc(C(F)(F)F)cc2)nc1. The summed E-state index contributed by atoms with van der Waals surface area (Å²) in [5.74, 6) is 0.963. The van der Waals surface area contributed by atoms with Gasteiger partial charge in [0.2, 0.25) is 5.95 Å². The number of amides is 1. The summed E-state index contributed by atoms with van der Waals surface area (Å²) in [6, 6.07) is 5.59. The maximum Gasteiger partial charge on any atom is 0.416 e. The highest BCUT2D eigenvalue weighted by Crippen LogP contribution is 2.46. The monoisotopic (exact) mass is 377 g/mol. The Bertz CT molecular complexity index is 826. The minimum atomic E-state index is -4.30. The lowest BCUT2D eigenvalue weighted by Gasteiger charge is -2.20. The molecule has 1 amide bonds. The normalized spacial score (nSPS) is 24.0. The molecule has 1 aliphatic heterocycles. The molecule has 1 saturated carbocycles. The number of carbonyl (C=O) groups is 1. The van der Waals surface area contributed by atoms with Gasteiger partial charge in [-0.1, -0.05) is 12.1 Å². The van der Waals surface area contributed by atoms with Gasteiger partial charge in [-0.05, 0) is 29.5 Å². The number of aromatic nitrogens is 2. The lowest BCUT2D eigenvalue weighted by Crippen LogP contribution is -2.32. The summed E-state index contributed by atoms with van der Waals surface area (Å²) in [4.78, 5) is 21.5. The first-order valence-electron chi connectivity index (χ1n) is 8.59. The summed E-state index contributed by atoms with van der Waals surface area (Å²) < 4.78 is 37.8. The van der Waals surface area contributed by atoms with Crippen molar-refractivity contribution in [1.82, 2.24) is 15.3 Å². The number of carbonyl (C=O) groups excluding carboxylic acids is 1. The van der Waals surface area contributed by atoms with Gasteiger partial charge in [0.15, 0.2) is 0 Å². The van der Waals surface area contributed by atoms with Gasteiger partial charge < -0.3 is 16.0 Å². The van der Waals surface area contributed by atoms with E-state index in [0.29, 0.717) is 30.4 Å². The number of benzene rings is 1. The molecule has 2 atom stereocenters. The largest absolute Gasteiger partial charge is 0.416 e. The predicted octanol–water partition coefficient (Wildman–Crippen LogP) is 1.82. The van der Waals surface area contributed by atoms with Crippen LogP contribution >= 0.6 is 0 Å². The van der Waals surface area contributed by atoms with Crippen LogP contribution in [0.1, 0.15) is 21.5 Å². The van der Waals surface area contributed by atoms with Crippen molar-refractivity contribution in [3.8, 4) is 0 Å². The molecule has 4 rings (SSSR count). The third-order valence-electron chi connectivity index (χ3n) is 5.22. The van der Waals surface area contributed by atoms with E-state index in [1.165, 1.54) is 24.5 Å². The highest BCUT2D eigenvalue weighted by atomic mass is 19.4. The smallest absolute Gasteiger partial charge is 0.366 e. The van der Waals surface area contributed by atoms with Gasteiger partial charge in [-0.2, -0.15) is 13.2 Å². The Labute approximate surface area is 153 Å². The van der Waals surface area contributed by atoms with Crippen molar-refractivity contribution in [3.05, 3.63) is 53.3 Å². The topological polar surface area (TPSA) is 84.1 Å². The molecule has 2 aliphatic rings. The predicted molar refractivity (Wildman–Crippen MR) is 91.8 cm³/mol. The van der Waals surface area contributed by atoms with Crippen LogP contribution in [-0.2, 0) is 12.7 Å². The number of nitrogens with zero attached hydrogens (tertiary/aromatic N) is 3. The Morgan fingerprint density at radius 3 is 2.26 bits per heavy atom. The Hall–Kier alpha value is -2.68. The maximum atomic E-state index is 12.6. The molecule has 6 nitrogen and oxygen atoms in total. The average molecular weight is 377 g/mol. The Morgan fingerprint density at radius 2 is 1.74 bits per heavy atom. The average Bonchev–Trinajstić information content (AvgIpc) is 3.08. The Balaban J connectivity index is 1.27. The molecule has 27 heavy (non-hydrogen) atoms. The van der Waals surface area contributed by atoms with Crippen LogP contribution < -0.4 is 16.0 Å². The molecule has 2 aromatic rings. The first-order valence-corrected chi connectivity index (χ1v) is 8.59. The summed E-state index contributed by atoms with van der Waals surface area (Å²) in [5, 5.41) is 3.42. The van der Waals surface area contributed by atoms with Crippen LogP contribution in [-0.4, -0.2) is 35.0 Å². The molecule has 1 aromatic heterocycles. The summed E-state index contributed by atoms with van der Waals surface area (Å²) in [7, 11) is 0. The molecule has 0 spiro atoms. The number of hydrogen-bond donors (Lipinski definition) is 2. The van der Waals surface area contributed by atoms with Gasteiger partial charge in [0.05, 0.1) is 11.1 Å². The molecule has 1 aliphatic carbocycles. The minimum absolute atomic E-state index is 0.277. The summed E-state index contributed by atoms with van der Waals surface area (Å²) in [6.45, 7) is 2.16. The van der Waals surface area contributed by atoms with E-state index in [4.69, 9.17) is 5.73 Å². The minimum Gasteiger partial charge on any atom is -0.366 e. The van der Waals surface area contributed by atoms with Crippen LogP contribution in [0, 0.1) is 11.8 Å². The fourth-order valence-electron chi connectivity index (χ4n) is 3.65. The van der Waals surface area contributed by atoms with Crippen LogP contribution in [0.5, 0.6) is 0 Å². The van der Waals surface area contributed by atoms with Crippen molar-refractivity contribution >= 4 is 11.9 Å². The molecule has 2 heterocycles. The second-order valence-corrected chi connectivity index (χ2v) is 6.97. The zero-order valence-electron chi connectivity index (χ0n) is 14.3. The quantitative estimate of drug-likeness (QED) is 0.830. The Kier molecular flexibility index (Phi) is 4.26. The summed E-state index contributed by atoms with van der Waals surface area (Å²) in [5.41, 5.74) is 5.65. The van der Waals surface area contributed by atoms with Crippen molar-refractivity contribution in [3.63, 3.8) is 0 Å². The van der Waals surface area contributed by atoms with Gasteiger partial charge in [0, 0.05) is 38.1 Å². The molecule has 2 fully saturated rings. The van der Waals surface area contributed by atoms with Crippen molar-refractivity contribution < 1.29 is 18.0 Å². The van der Waals surface area contributed by atoms with Gasteiger partial charge >= 0.3 is 6.18 Å². The van der Waals surface area contributed by atoms with Gasteiger partial charge in [-0.15, -0.1) is 0 Å². The van der Waals surface area contributed by atoms with Crippen molar-refractivity contribution in [2.75, 3.05) is 18.0 Å². The van der Waals surface area contributed by atoms with Gasteiger partial charge in [0.1, 0.15) is 0 Å². The third-order valence-corrected chi connectivity index (χ3v) is 5.22. The lowest BCUT2D eigenvalue weighted by atomic mass is 10.1. The molecule has 1 saturated heterocycles. The number of hydrogen-bond acceptors (Lipinski definition) is 5. The van der Waals surface area contributed by atoms with Crippen molar-refractivity contribution in [2.45, 2.75) is 18.8 Å². The summed E-state index contributed by atoms with van der Waals surface area (Å²) >= 11 is 0. The highest BCUT2D eigenvalue weighted by molar-refractivity contribution is 5.92. The lowest BCUT2D eigenvalue weighted by molar-refractivity contribution is -0.137. The molecule has 0 bridgehead atoms. The number of piperidine rings is 1. The van der Waals surface area contributed by atoms with Gasteiger partial charge in [-0.3, -0.25) is 4.79 Å². The zero-order chi connectivity index (χ0) is 19.2. The zero-order valence-corrected chi connectivity index (χ0v) is 14.3. The first-order chi connectivity index (χ1) is 12.8. The third kappa shape index (κ3) is 3.59. The number of rotatable bonds is 5. The number of alkyl halides is 3. The molecular weight excluding hydrogens is 359 g/mol. The molecule has 2 unspecified atom stereocenters. The molecule has 1 aromatic carbocycles. The molecule has 3 N–H and O–H groups in total. The van der Waals surface area contributed by atoms with E-state index in [0.717, 1.165) is 30.8 Å². The number of anilines is 1. The van der Waals surface area contributed by atoms with Crippen molar-refractivity contribution in [1.29, 1.82) is 0 Å². The second kappa shape index (κ2) is 6.49. The van der Waals surface area contributed by atoms with Crippen LogP contribution in [0.3, 0.4) is 0 Å². The van der Waals surface area contributed by atoms with E-state index >= 15 is 0 Å². The second-order valence-electron chi connectivity index (χ2n) is 6.97. The van der Waals surface area contributed by atoms with Crippen LogP contribution in [0.4, 0.5) is 19.1 Å². The number of halogens is 3. The molecular formula is C18H18F3N5O.